The van der Waals surface area contributed by atoms with Crippen molar-refractivity contribution >= 4 is 11.9 Å². The van der Waals surface area contributed by atoms with Crippen LogP contribution >= 0.6 is 0 Å². The van der Waals surface area contributed by atoms with Gasteiger partial charge in [0.15, 0.2) is 6.10 Å². The first-order valence-corrected chi connectivity index (χ1v) is 6.23. The average Bonchev–Trinajstić information content (AvgIpc) is 2.28. The normalized spacial score (nSPS) is 27.4. The van der Waals surface area contributed by atoms with E-state index in [0.29, 0.717) is 13.2 Å². The third-order valence-electron chi connectivity index (χ3n) is 4.07. The summed E-state index contributed by atoms with van der Waals surface area (Å²) in [5.74, 6) is -0.859. The first-order chi connectivity index (χ1) is 8.09. The number of nitrogens with zero attached hydrogens (tertiary/aromatic N) is 1. The van der Waals surface area contributed by atoms with Crippen molar-refractivity contribution in [3.8, 4) is 0 Å². The number of carbonyl (C=O) groups excluding carboxylic acids is 1. The zero-order valence-electron chi connectivity index (χ0n) is 10.1. The topological polar surface area (TPSA) is 66.8 Å². The standard InChI is InChI=1S/C12H19NO4/c1-2-12(4-3-5-12)11(16)13-6-7-17-9(8-13)10(14)15/h9H,2-8H2,1H3,(H,14,15)/t9-/m1/s1. The van der Waals surface area contributed by atoms with Gasteiger partial charge in [0.2, 0.25) is 5.91 Å². The predicted octanol–water partition coefficient (Wildman–Crippen LogP) is 0.879. The lowest BCUT2D eigenvalue weighted by atomic mass is 9.66. The molecule has 1 aliphatic heterocycles. The molecule has 0 aromatic carbocycles. The van der Waals surface area contributed by atoms with Gasteiger partial charge in [0.1, 0.15) is 0 Å². The maximum absolute atomic E-state index is 12.4. The molecule has 5 nitrogen and oxygen atoms in total. The average molecular weight is 241 g/mol. The minimum atomic E-state index is -0.985. The fourth-order valence-corrected chi connectivity index (χ4v) is 2.64. The lowest BCUT2D eigenvalue weighted by Gasteiger charge is -2.44. The summed E-state index contributed by atoms with van der Waals surface area (Å²) in [6.07, 6.45) is 2.98. The SMILES string of the molecule is CCC1(C(=O)N2CCO[C@@H](C(=O)O)C2)CCC1. The summed E-state index contributed by atoms with van der Waals surface area (Å²) >= 11 is 0. The number of carboxylic acids is 1. The van der Waals surface area contributed by atoms with Gasteiger partial charge in [-0.1, -0.05) is 13.3 Å². The lowest BCUT2D eigenvalue weighted by Crippen LogP contribution is -2.54. The van der Waals surface area contributed by atoms with Gasteiger partial charge >= 0.3 is 5.97 Å². The number of carboxylic acid groups (broad SMARTS) is 1. The molecule has 0 radical (unpaired) electrons. The first-order valence-electron chi connectivity index (χ1n) is 6.23. The van der Waals surface area contributed by atoms with Crippen LogP contribution in [-0.4, -0.2) is 47.7 Å². The Labute approximate surface area is 101 Å². The zero-order valence-corrected chi connectivity index (χ0v) is 10.1. The van der Waals surface area contributed by atoms with Crippen LogP contribution in [0.4, 0.5) is 0 Å². The maximum Gasteiger partial charge on any atom is 0.334 e. The second-order valence-corrected chi connectivity index (χ2v) is 4.94. The highest BCUT2D eigenvalue weighted by Gasteiger charge is 2.45. The van der Waals surface area contributed by atoms with Gasteiger partial charge in [0.05, 0.1) is 13.2 Å². The van der Waals surface area contributed by atoms with E-state index in [1.54, 1.807) is 4.90 Å². The molecule has 1 saturated carbocycles. The van der Waals surface area contributed by atoms with Crippen molar-refractivity contribution in [2.75, 3.05) is 19.7 Å². The summed E-state index contributed by atoms with van der Waals surface area (Å²) in [4.78, 5) is 24.9. The lowest BCUT2D eigenvalue weighted by molar-refractivity contribution is -0.165. The number of rotatable bonds is 3. The number of aliphatic carboxylic acids is 1. The monoisotopic (exact) mass is 241 g/mol. The van der Waals surface area contributed by atoms with Crippen LogP contribution in [0.3, 0.4) is 0 Å². The molecule has 1 atom stereocenters. The Bertz CT molecular complexity index is 319. The largest absolute Gasteiger partial charge is 0.479 e. The van der Waals surface area contributed by atoms with Gasteiger partial charge in [-0.2, -0.15) is 0 Å². The number of hydrogen-bond donors (Lipinski definition) is 1. The molecule has 5 heteroatoms. The van der Waals surface area contributed by atoms with Crippen molar-refractivity contribution in [2.24, 2.45) is 5.41 Å². The molecule has 2 rings (SSSR count). The molecule has 0 aromatic rings. The van der Waals surface area contributed by atoms with Gasteiger partial charge in [-0.25, -0.2) is 4.79 Å². The molecule has 0 unspecified atom stereocenters. The van der Waals surface area contributed by atoms with Crippen molar-refractivity contribution < 1.29 is 19.4 Å². The highest BCUT2D eigenvalue weighted by molar-refractivity contribution is 5.84. The third-order valence-corrected chi connectivity index (χ3v) is 4.07. The predicted molar refractivity (Wildman–Crippen MR) is 60.5 cm³/mol. The Kier molecular flexibility index (Phi) is 3.38. The number of carbonyl (C=O) groups is 2. The summed E-state index contributed by atoms with van der Waals surface area (Å²) in [7, 11) is 0. The van der Waals surface area contributed by atoms with Crippen LogP contribution in [0.15, 0.2) is 0 Å². The molecule has 2 fully saturated rings. The Morgan fingerprint density at radius 1 is 1.47 bits per heavy atom. The van der Waals surface area contributed by atoms with Gasteiger partial charge in [0, 0.05) is 12.0 Å². The fourth-order valence-electron chi connectivity index (χ4n) is 2.64. The van der Waals surface area contributed by atoms with E-state index in [9.17, 15) is 9.59 Å². The first kappa shape index (κ1) is 12.4. The van der Waals surface area contributed by atoms with Crippen molar-refractivity contribution in [3.63, 3.8) is 0 Å². The minimum Gasteiger partial charge on any atom is -0.479 e. The molecule has 1 N–H and O–H groups in total. The quantitative estimate of drug-likeness (QED) is 0.796. The Hall–Kier alpha value is -1.10. The molecule has 1 heterocycles. The van der Waals surface area contributed by atoms with E-state index < -0.39 is 12.1 Å². The smallest absolute Gasteiger partial charge is 0.334 e. The summed E-state index contributed by atoms with van der Waals surface area (Å²) in [6.45, 7) is 3.06. The molecular formula is C12H19NO4. The summed E-state index contributed by atoms with van der Waals surface area (Å²) in [5.41, 5.74) is -0.208. The van der Waals surface area contributed by atoms with Crippen molar-refractivity contribution in [1.29, 1.82) is 0 Å². The number of morpholine rings is 1. The Balaban J connectivity index is 2.02. The van der Waals surface area contributed by atoms with Gasteiger partial charge in [0.25, 0.3) is 0 Å². The Morgan fingerprint density at radius 2 is 2.18 bits per heavy atom. The number of amides is 1. The van der Waals surface area contributed by atoms with Crippen LogP contribution in [-0.2, 0) is 14.3 Å². The highest BCUT2D eigenvalue weighted by atomic mass is 16.5. The summed E-state index contributed by atoms with van der Waals surface area (Å²) in [5, 5.41) is 8.91. The zero-order chi connectivity index (χ0) is 12.5. The van der Waals surface area contributed by atoms with E-state index >= 15 is 0 Å². The summed E-state index contributed by atoms with van der Waals surface area (Å²) < 4.78 is 5.12. The maximum atomic E-state index is 12.4. The molecule has 1 saturated heterocycles. The molecule has 1 aliphatic carbocycles. The van der Waals surface area contributed by atoms with Gasteiger partial charge in [-0.05, 0) is 19.3 Å². The van der Waals surface area contributed by atoms with Gasteiger partial charge in [-0.3, -0.25) is 4.79 Å². The second-order valence-electron chi connectivity index (χ2n) is 4.94. The number of ether oxygens (including phenoxy) is 1. The number of hydrogen-bond acceptors (Lipinski definition) is 3. The molecule has 2 aliphatic rings. The van der Waals surface area contributed by atoms with Crippen molar-refractivity contribution in [2.45, 2.75) is 38.7 Å². The fraction of sp³-hybridized carbons (Fsp3) is 0.833. The molecule has 1 amide bonds. The molecule has 96 valence electrons. The van der Waals surface area contributed by atoms with E-state index in [4.69, 9.17) is 9.84 Å². The molecule has 0 bridgehead atoms. The third kappa shape index (κ3) is 2.16. The summed E-state index contributed by atoms with van der Waals surface area (Å²) in [6, 6.07) is 0. The molecule has 0 spiro atoms. The minimum absolute atomic E-state index is 0.126. The van der Waals surface area contributed by atoms with E-state index in [1.165, 1.54) is 0 Å². The van der Waals surface area contributed by atoms with Gasteiger partial charge in [-0.15, -0.1) is 0 Å². The van der Waals surface area contributed by atoms with Crippen LogP contribution in [0.2, 0.25) is 0 Å². The van der Waals surface area contributed by atoms with Crippen LogP contribution < -0.4 is 0 Å². The van der Waals surface area contributed by atoms with E-state index in [-0.39, 0.29) is 17.9 Å². The van der Waals surface area contributed by atoms with Crippen molar-refractivity contribution in [1.82, 2.24) is 4.90 Å². The van der Waals surface area contributed by atoms with Crippen LogP contribution in [0.5, 0.6) is 0 Å². The van der Waals surface area contributed by atoms with E-state index in [2.05, 4.69) is 0 Å². The van der Waals surface area contributed by atoms with Crippen LogP contribution in [0.25, 0.3) is 0 Å². The second kappa shape index (κ2) is 4.64. The molecule has 17 heavy (non-hydrogen) atoms. The van der Waals surface area contributed by atoms with Gasteiger partial charge < -0.3 is 14.7 Å². The molecule has 0 aromatic heterocycles. The van der Waals surface area contributed by atoms with E-state index in [1.807, 2.05) is 6.92 Å². The van der Waals surface area contributed by atoms with E-state index in [0.717, 1.165) is 25.7 Å². The van der Waals surface area contributed by atoms with Crippen molar-refractivity contribution in [3.05, 3.63) is 0 Å². The Morgan fingerprint density at radius 3 is 2.65 bits per heavy atom. The molecular weight excluding hydrogens is 222 g/mol. The van der Waals surface area contributed by atoms with Crippen LogP contribution in [0.1, 0.15) is 32.6 Å². The highest BCUT2D eigenvalue weighted by Crippen LogP contribution is 2.45. The van der Waals surface area contributed by atoms with Crippen LogP contribution in [0, 0.1) is 5.41 Å².